The van der Waals surface area contributed by atoms with Crippen LogP contribution in [0.3, 0.4) is 0 Å². The topological polar surface area (TPSA) is 54.5 Å². The first-order valence-electron chi connectivity index (χ1n) is 11.0. The van der Waals surface area contributed by atoms with Gasteiger partial charge in [-0.3, -0.25) is 14.7 Å². The van der Waals surface area contributed by atoms with Crippen molar-refractivity contribution in [2.75, 3.05) is 6.54 Å². The van der Waals surface area contributed by atoms with Crippen molar-refractivity contribution in [3.63, 3.8) is 0 Å². The standard InChI is InChI=1S/C26H28FN3O2/c1-19(31)29-16-24-15-21(11-12-28-24)25-9-5-13-30(25)17-22-7-2-3-10-26(22)32-18-20-6-4-8-23(27)14-20/h2-4,6-8,10-12,14-15,25H,5,9,13,16-18H2,1H3,(H,29,31)/t25-/m1/s1. The molecule has 2 heterocycles. The van der Waals surface area contributed by atoms with Crippen LogP contribution in [0.15, 0.2) is 66.9 Å². The summed E-state index contributed by atoms with van der Waals surface area (Å²) in [7, 11) is 0. The molecule has 1 atom stereocenters. The zero-order valence-corrected chi connectivity index (χ0v) is 18.3. The number of benzene rings is 2. The lowest BCUT2D eigenvalue weighted by Gasteiger charge is -2.26. The zero-order valence-electron chi connectivity index (χ0n) is 18.3. The van der Waals surface area contributed by atoms with Gasteiger partial charge in [-0.05, 0) is 60.8 Å². The minimum Gasteiger partial charge on any atom is -0.489 e. The summed E-state index contributed by atoms with van der Waals surface area (Å²) in [5.41, 5.74) is 4.00. The highest BCUT2D eigenvalue weighted by Crippen LogP contribution is 2.34. The summed E-state index contributed by atoms with van der Waals surface area (Å²) >= 11 is 0. The summed E-state index contributed by atoms with van der Waals surface area (Å²) in [4.78, 5) is 18.1. The molecular formula is C26H28FN3O2. The van der Waals surface area contributed by atoms with Crippen molar-refractivity contribution in [3.8, 4) is 5.75 Å². The second kappa shape index (κ2) is 10.4. The fourth-order valence-corrected chi connectivity index (χ4v) is 4.19. The molecule has 1 saturated heterocycles. The zero-order chi connectivity index (χ0) is 22.3. The Bertz CT molecular complexity index is 1070. The number of halogens is 1. The molecule has 1 N–H and O–H groups in total. The lowest BCUT2D eigenvalue weighted by atomic mass is 10.0. The van der Waals surface area contributed by atoms with E-state index in [1.807, 2.05) is 30.5 Å². The summed E-state index contributed by atoms with van der Waals surface area (Å²) in [6.45, 7) is 4.05. The van der Waals surface area contributed by atoms with Gasteiger partial charge < -0.3 is 10.1 Å². The molecular weight excluding hydrogens is 405 g/mol. The van der Waals surface area contributed by atoms with E-state index in [1.54, 1.807) is 6.07 Å². The molecule has 0 bridgehead atoms. The minimum absolute atomic E-state index is 0.0606. The highest BCUT2D eigenvalue weighted by atomic mass is 19.1. The van der Waals surface area contributed by atoms with E-state index in [1.165, 1.54) is 24.6 Å². The molecule has 0 radical (unpaired) electrons. The van der Waals surface area contributed by atoms with Crippen molar-refractivity contribution >= 4 is 5.91 Å². The van der Waals surface area contributed by atoms with Crippen LogP contribution in [0.4, 0.5) is 4.39 Å². The average Bonchev–Trinajstić information content (AvgIpc) is 3.25. The predicted octanol–water partition coefficient (Wildman–Crippen LogP) is 4.77. The van der Waals surface area contributed by atoms with Gasteiger partial charge in [0.25, 0.3) is 0 Å². The monoisotopic (exact) mass is 433 g/mol. The normalized spacial score (nSPS) is 16.1. The van der Waals surface area contributed by atoms with E-state index >= 15 is 0 Å². The maximum absolute atomic E-state index is 13.5. The molecule has 6 heteroatoms. The van der Waals surface area contributed by atoms with Gasteiger partial charge in [0, 0.05) is 31.3 Å². The van der Waals surface area contributed by atoms with E-state index in [2.05, 4.69) is 33.4 Å². The van der Waals surface area contributed by atoms with Crippen molar-refractivity contribution in [1.82, 2.24) is 15.2 Å². The molecule has 0 saturated carbocycles. The van der Waals surface area contributed by atoms with E-state index in [9.17, 15) is 9.18 Å². The number of ether oxygens (including phenoxy) is 1. The third-order valence-corrected chi connectivity index (χ3v) is 5.74. The van der Waals surface area contributed by atoms with Gasteiger partial charge in [-0.1, -0.05) is 30.3 Å². The van der Waals surface area contributed by atoms with Crippen LogP contribution in [0.1, 0.15) is 48.2 Å². The Morgan fingerprint density at radius 3 is 2.91 bits per heavy atom. The van der Waals surface area contributed by atoms with Crippen molar-refractivity contribution in [3.05, 3.63) is 95.1 Å². The van der Waals surface area contributed by atoms with Gasteiger partial charge in [0.15, 0.2) is 0 Å². The number of hydrogen-bond acceptors (Lipinski definition) is 4. The summed E-state index contributed by atoms with van der Waals surface area (Å²) < 4.78 is 19.5. The SMILES string of the molecule is CC(=O)NCc1cc([C@H]2CCCN2Cc2ccccc2OCc2cccc(F)c2)ccn1. The molecule has 2 aromatic carbocycles. The molecule has 0 spiro atoms. The molecule has 3 aromatic rings. The van der Waals surface area contributed by atoms with Gasteiger partial charge in [0.05, 0.1) is 12.2 Å². The Morgan fingerprint density at radius 2 is 2.06 bits per heavy atom. The Balaban J connectivity index is 1.46. The van der Waals surface area contributed by atoms with Crippen molar-refractivity contribution in [2.24, 2.45) is 0 Å². The second-order valence-corrected chi connectivity index (χ2v) is 8.15. The van der Waals surface area contributed by atoms with Gasteiger partial charge in [-0.25, -0.2) is 4.39 Å². The van der Waals surface area contributed by atoms with E-state index in [4.69, 9.17) is 4.74 Å². The third-order valence-electron chi connectivity index (χ3n) is 5.74. The number of likely N-dealkylation sites (tertiary alicyclic amines) is 1. The van der Waals surface area contributed by atoms with Crippen LogP contribution < -0.4 is 10.1 Å². The van der Waals surface area contributed by atoms with E-state index in [-0.39, 0.29) is 11.7 Å². The number of hydrogen-bond donors (Lipinski definition) is 1. The molecule has 1 aliphatic heterocycles. The van der Waals surface area contributed by atoms with Crippen molar-refractivity contribution in [2.45, 2.75) is 45.5 Å². The molecule has 5 nitrogen and oxygen atoms in total. The Morgan fingerprint density at radius 1 is 1.19 bits per heavy atom. The van der Waals surface area contributed by atoms with Crippen molar-refractivity contribution in [1.29, 1.82) is 0 Å². The molecule has 1 amide bonds. The molecule has 32 heavy (non-hydrogen) atoms. The van der Waals surface area contributed by atoms with Gasteiger partial charge in [-0.2, -0.15) is 0 Å². The number of amides is 1. The second-order valence-electron chi connectivity index (χ2n) is 8.15. The number of pyridine rings is 1. The molecule has 0 aliphatic carbocycles. The number of para-hydroxylation sites is 1. The Labute approximate surface area is 188 Å². The van der Waals surface area contributed by atoms with E-state index in [0.717, 1.165) is 48.5 Å². The largest absolute Gasteiger partial charge is 0.489 e. The maximum atomic E-state index is 13.5. The lowest BCUT2D eigenvalue weighted by Crippen LogP contribution is -2.24. The van der Waals surface area contributed by atoms with Crippen LogP contribution in [0, 0.1) is 5.82 Å². The average molecular weight is 434 g/mol. The van der Waals surface area contributed by atoms with Gasteiger partial charge >= 0.3 is 0 Å². The molecule has 4 rings (SSSR count). The van der Waals surface area contributed by atoms with E-state index in [0.29, 0.717) is 19.2 Å². The van der Waals surface area contributed by atoms with Crippen LogP contribution in [0.25, 0.3) is 0 Å². The number of carbonyl (C=O) groups excluding carboxylic acids is 1. The maximum Gasteiger partial charge on any atom is 0.217 e. The Hall–Kier alpha value is -3.25. The first-order chi connectivity index (χ1) is 15.6. The minimum atomic E-state index is -0.255. The van der Waals surface area contributed by atoms with Crippen LogP contribution >= 0.6 is 0 Å². The lowest BCUT2D eigenvalue weighted by molar-refractivity contribution is -0.119. The van der Waals surface area contributed by atoms with Gasteiger partial charge in [0.2, 0.25) is 5.91 Å². The molecule has 0 unspecified atom stereocenters. The predicted molar refractivity (Wildman–Crippen MR) is 121 cm³/mol. The van der Waals surface area contributed by atoms with Crippen LogP contribution in [0.5, 0.6) is 5.75 Å². The number of aromatic nitrogens is 1. The van der Waals surface area contributed by atoms with Gasteiger partial charge in [0.1, 0.15) is 18.2 Å². The fourth-order valence-electron chi connectivity index (χ4n) is 4.19. The number of nitrogens with zero attached hydrogens (tertiary/aromatic N) is 2. The highest BCUT2D eigenvalue weighted by Gasteiger charge is 2.27. The van der Waals surface area contributed by atoms with E-state index < -0.39 is 0 Å². The third kappa shape index (κ3) is 5.71. The Kier molecular flexibility index (Phi) is 7.12. The molecule has 166 valence electrons. The van der Waals surface area contributed by atoms with Crippen molar-refractivity contribution < 1.29 is 13.9 Å². The molecule has 1 aliphatic rings. The number of rotatable bonds is 8. The number of carbonyl (C=O) groups is 1. The molecule has 1 fully saturated rings. The fraction of sp³-hybridized carbons (Fsp3) is 0.308. The summed E-state index contributed by atoms with van der Waals surface area (Å²) in [5, 5.41) is 2.81. The summed E-state index contributed by atoms with van der Waals surface area (Å²) in [6, 6.07) is 19.0. The number of nitrogens with one attached hydrogen (secondary N) is 1. The van der Waals surface area contributed by atoms with Crippen LogP contribution in [-0.4, -0.2) is 22.3 Å². The quantitative estimate of drug-likeness (QED) is 0.556. The summed E-state index contributed by atoms with van der Waals surface area (Å²) in [6.07, 6.45) is 4.02. The van der Waals surface area contributed by atoms with Crippen LogP contribution in [0.2, 0.25) is 0 Å². The first-order valence-corrected chi connectivity index (χ1v) is 11.0. The smallest absolute Gasteiger partial charge is 0.217 e. The highest BCUT2D eigenvalue weighted by molar-refractivity contribution is 5.72. The summed E-state index contributed by atoms with van der Waals surface area (Å²) in [5.74, 6) is 0.507. The van der Waals surface area contributed by atoms with Gasteiger partial charge in [-0.15, -0.1) is 0 Å². The van der Waals surface area contributed by atoms with Crippen LogP contribution in [-0.2, 0) is 24.5 Å². The first kappa shape index (κ1) is 22.0. The molecule has 1 aromatic heterocycles.